The first kappa shape index (κ1) is 6.41. The molecule has 1 nitrogen and oxygen atoms in total. The van der Waals surface area contributed by atoms with Gasteiger partial charge in [-0.1, -0.05) is 11.6 Å². The topological polar surface area (TPSA) is 9.23 Å². The van der Waals surface area contributed by atoms with Gasteiger partial charge in [-0.15, -0.1) is 0 Å². The average molecular weight is 138 g/mol. The summed E-state index contributed by atoms with van der Waals surface area (Å²) in [4.78, 5) is 0. The van der Waals surface area contributed by atoms with Crippen LogP contribution >= 0.6 is 0 Å². The Bertz CT molecular complexity index is 166. The fourth-order valence-electron chi connectivity index (χ4n) is 1.79. The summed E-state index contributed by atoms with van der Waals surface area (Å²) in [5, 5.41) is 0. The zero-order valence-electron chi connectivity index (χ0n) is 6.52. The first-order valence-electron chi connectivity index (χ1n) is 4.13. The third-order valence-electron chi connectivity index (χ3n) is 2.60. The van der Waals surface area contributed by atoms with Crippen LogP contribution in [0, 0.1) is 0 Å². The molecular formula is C9H14O. The van der Waals surface area contributed by atoms with Crippen LogP contribution in [-0.2, 0) is 4.74 Å². The van der Waals surface area contributed by atoms with Crippen molar-refractivity contribution in [1.82, 2.24) is 0 Å². The molecule has 0 aromatic carbocycles. The summed E-state index contributed by atoms with van der Waals surface area (Å²) in [5.74, 6) is 0. The Labute approximate surface area is 62.1 Å². The third-order valence-corrected chi connectivity index (χ3v) is 2.60. The maximum Gasteiger partial charge on any atom is 0.0865 e. The van der Waals surface area contributed by atoms with Crippen LogP contribution in [0.1, 0.15) is 32.6 Å². The lowest BCUT2D eigenvalue weighted by molar-refractivity contribution is -0.0691. The van der Waals surface area contributed by atoms with Crippen molar-refractivity contribution in [1.29, 1.82) is 0 Å². The Hall–Kier alpha value is -0.300. The van der Waals surface area contributed by atoms with E-state index in [-0.39, 0.29) is 5.60 Å². The van der Waals surface area contributed by atoms with E-state index in [4.69, 9.17) is 4.74 Å². The number of rotatable bonds is 0. The first-order valence-corrected chi connectivity index (χ1v) is 4.13. The van der Waals surface area contributed by atoms with E-state index >= 15 is 0 Å². The zero-order valence-corrected chi connectivity index (χ0v) is 6.52. The summed E-state index contributed by atoms with van der Waals surface area (Å²) in [6.45, 7) is 3.16. The van der Waals surface area contributed by atoms with Crippen molar-refractivity contribution < 1.29 is 4.74 Å². The summed E-state index contributed by atoms with van der Waals surface area (Å²) in [6, 6.07) is 0. The summed E-state index contributed by atoms with van der Waals surface area (Å²) >= 11 is 0. The van der Waals surface area contributed by atoms with Crippen LogP contribution in [0.15, 0.2) is 11.6 Å². The predicted octanol–water partition coefficient (Wildman–Crippen LogP) is 2.28. The highest BCUT2D eigenvalue weighted by molar-refractivity contribution is 5.16. The monoisotopic (exact) mass is 138 g/mol. The predicted molar refractivity (Wildman–Crippen MR) is 40.9 cm³/mol. The van der Waals surface area contributed by atoms with E-state index in [1.54, 1.807) is 0 Å². The largest absolute Gasteiger partial charge is 0.371 e. The van der Waals surface area contributed by atoms with Gasteiger partial charge in [0.15, 0.2) is 0 Å². The molecule has 0 amide bonds. The molecule has 1 aliphatic heterocycles. The standard InChI is InChI=1S/C9H14O/c1-8-3-6-10-9(7-8)4-2-5-9/h7H,2-6H2,1H3. The van der Waals surface area contributed by atoms with E-state index in [0.29, 0.717) is 0 Å². The Kier molecular flexibility index (Phi) is 1.34. The van der Waals surface area contributed by atoms with Gasteiger partial charge in [0.05, 0.1) is 12.2 Å². The van der Waals surface area contributed by atoms with E-state index in [2.05, 4.69) is 13.0 Å². The van der Waals surface area contributed by atoms with Gasteiger partial charge in [-0.2, -0.15) is 0 Å². The van der Waals surface area contributed by atoms with Gasteiger partial charge in [0.1, 0.15) is 0 Å². The molecule has 2 rings (SSSR count). The van der Waals surface area contributed by atoms with Crippen molar-refractivity contribution in [3.8, 4) is 0 Å². The van der Waals surface area contributed by atoms with E-state index < -0.39 is 0 Å². The summed E-state index contributed by atoms with van der Waals surface area (Å²) in [6.07, 6.45) is 7.33. The average Bonchev–Trinajstić information content (AvgIpc) is 1.85. The molecule has 0 aromatic heterocycles. The molecular weight excluding hydrogens is 124 g/mol. The van der Waals surface area contributed by atoms with Gasteiger partial charge < -0.3 is 4.74 Å². The molecule has 0 bridgehead atoms. The van der Waals surface area contributed by atoms with Crippen molar-refractivity contribution >= 4 is 0 Å². The summed E-state index contributed by atoms with van der Waals surface area (Å²) in [5.41, 5.74) is 1.73. The first-order chi connectivity index (χ1) is 4.81. The van der Waals surface area contributed by atoms with Gasteiger partial charge in [-0.05, 0) is 32.6 Å². The molecule has 1 heterocycles. The van der Waals surface area contributed by atoms with Crippen LogP contribution in [0.2, 0.25) is 0 Å². The second-order valence-corrected chi connectivity index (χ2v) is 3.51. The lowest BCUT2D eigenvalue weighted by atomic mass is 9.77. The van der Waals surface area contributed by atoms with E-state index in [9.17, 15) is 0 Å². The molecule has 1 aliphatic carbocycles. The van der Waals surface area contributed by atoms with Gasteiger partial charge in [0.2, 0.25) is 0 Å². The Morgan fingerprint density at radius 2 is 2.30 bits per heavy atom. The molecule has 0 radical (unpaired) electrons. The van der Waals surface area contributed by atoms with Crippen molar-refractivity contribution in [2.75, 3.05) is 6.61 Å². The van der Waals surface area contributed by atoms with Crippen LogP contribution in [0.25, 0.3) is 0 Å². The van der Waals surface area contributed by atoms with E-state index in [1.165, 1.54) is 24.8 Å². The highest BCUT2D eigenvalue weighted by Gasteiger charge is 2.37. The second kappa shape index (κ2) is 2.09. The lowest BCUT2D eigenvalue weighted by Gasteiger charge is -2.42. The van der Waals surface area contributed by atoms with Crippen molar-refractivity contribution in [3.63, 3.8) is 0 Å². The fraction of sp³-hybridized carbons (Fsp3) is 0.778. The maximum absolute atomic E-state index is 5.70. The van der Waals surface area contributed by atoms with Crippen LogP contribution in [0.4, 0.5) is 0 Å². The number of hydrogen-bond acceptors (Lipinski definition) is 1. The molecule has 0 N–H and O–H groups in total. The molecule has 0 atom stereocenters. The number of hydrogen-bond donors (Lipinski definition) is 0. The number of ether oxygens (including phenoxy) is 1. The van der Waals surface area contributed by atoms with Gasteiger partial charge in [-0.25, -0.2) is 0 Å². The summed E-state index contributed by atoms with van der Waals surface area (Å²) in [7, 11) is 0. The van der Waals surface area contributed by atoms with Crippen LogP contribution < -0.4 is 0 Å². The molecule has 1 saturated carbocycles. The maximum atomic E-state index is 5.70. The second-order valence-electron chi connectivity index (χ2n) is 3.51. The van der Waals surface area contributed by atoms with Crippen LogP contribution in [0.5, 0.6) is 0 Å². The molecule has 1 heteroatoms. The van der Waals surface area contributed by atoms with Crippen molar-refractivity contribution in [2.45, 2.75) is 38.2 Å². The van der Waals surface area contributed by atoms with Gasteiger partial charge in [0.25, 0.3) is 0 Å². The SMILES string of the molecule is CC1=CC2(CCC2)OCC1. The zero-order chi connectivity index (χ0) is 7.03. The molecule has 56 valence electrons. The molecule has 2 aliphatic rings. The molecule has 0 unspecified atom stereocenters. The summed E-state index contributed by atoms with van der Waals surface area (Å²) < 4.78 is 5.70. The lowest BCUT2D eigenvalue weighted by Crippen LogP contribution is -2.40. The fourth-order valence-corrected chi connectivity index (χ4v) is 1.79. The minimum atomic E-state index is 0.211. The van der Waals surface area contributed by atoms with Crippen LogP contribution in [0.3, 0.4) is 0 Å². The highest BCUT2D eigenvalue weighted by Crippen LogP contribution is 2.40. The molecule has 1 spiro atoms. The highest BCUT2D eigenvalue weighted by atomic mass is 16.5. The molecule has 10 heavy (non-hydrogen) atoms. The minimum absolute atomic E-state index is 0.211. The third kappa shape index (κ3) is 0.891. The Morgan fingerprint density at radius 1 is 1.50 bits per heavy atom. The van der Waals surface area contributed by atoms with Crippen molar-refractivity contribution in [2.24, 2.45) is 0 Å². The Balaban J connectivity index is 2.15. The van der Waals surface area contributed by atoms with Gasteiger partial charge in [-0.3, -0.25) is 0 Å². The Morgan fingerprint density at radius 3 is 2.70 bits per heavy atom. The van der Waals surface area contributed by atoms with E-state index in [0.717, 1.165) is 13.0 Å². The van der Waals surface area contributed by atoms with Gasteiger partial charge in [0, 0.05) is 0 Å². The smallest absolute Gasteiger partial charge is 0.0865 e. The van der Waals surface area contributed by atoms with E-state index in [1.807, 2.05) is 0 Å². The minimum Gasteiger partial charge on any atom is -0.371 e. The normalized spacial score (nSPS) is 29.5. The molecule has 0 aromatic rings. The molecule has 1 fully saturated rings. The van der Waals surface area contributed by atoms with Crippen LogP contribution in [-0.4, -0.2) is 12.2 Å². The van der Waals surface area contributed by atoms with Gasteiger partial charge >= 0.3 is 0 Å². The quantitative estimate of drug-likeness (QED) is 0.466. The van der Waals surface area contributed by atoms with Crippen molar-refractivity contribution in [3.05, 3.63) is 11.6 Å². The molecule has 0 saturated heterocycles.